The van der Waals surface area contributed by atoms with Crippen LogP contribution >= 0.6 is 0 Å². The minimum atomic E-state index is -0.0546. The molecule has 50 heavy (non-hydrogen) atoms. The van der Waals surface area contributed by atoms with Gasteiger partial charge < -0.3 is 4.90 Å². The summed E-state index contributed by atoms with van der Waals surface area (Å²) in [6, 6.07) is 31.1. The topological polar surface area (TPSA) is 3.24 Å². The van der Waals surface area contributed by atoms with Gasteiger partial charge in [-0.2, -0.15) is 0 Å². The lowest BCUT2D eigenvalue weighted by molar-refractivity contribution is 0.332. The first-order valence-electron chi connectivity index (χ1n) is 19.3. The number of anilines is 3. The Labute approximate surface area is 302 Å². The number of nitrogens with zero attached hydrogens (tertiary/aromatic N) is 1. The van der Waals surface area contributed by atoms with Gasteiger partial charge in [-0.15, -0.1) is 0 Å². The Morgan fingerprint density at radius 2 is 1.08 bits per heavy atom. The summed E-state index contributed by atoms with van der Waals surface area (Å²) >= 11 is 0. The third-order valence-electron chi connectivity index (χ3n) is 13.5. The summed E-state index contributed by atoms with van der Waals surface area (Å²) in [4.78, 5) is 2.57. The average Bonchev–Trinajstić information content (AvgIpc) is 3.31. The molecular formula is C49H57N. The summed E-state index contributed by atoms with van der Waals surface area (Å²) in [6.07, 6.45) is 11.9. The molecule has 0 saturated heterocycles. The molecule has 0 N–H and O–H groups in total. The molecule has 0 saturated carbocycles. The zero-order valence-electron chi connectivity index (χ0n) is 32.4. The van der Waals surface area contributed by atoms with E-state index >= 15 is 0 Å². The molecule has 0 atom stereocenters. The van der Waals surface area contributed by atoms with E-state index in [1.165, 1.54) is 92.8 Å². The standard InChI is InChI=1S/C49H57N/c1-45(2)24-26-47(5,6)42-28-32(20-22-39(42)45)36-30-37-35-18-14-15-19-38(35)49(9,10)41(37)31-44(36)50(33-16-12-11-13-17-33)34-21-23-40-43(29-34)48(7,8)27-25-46(40,3)4/h11-13,15-17,19-23,28-31H,14,18,24-27H2,1-10H3. The van der Waals surface area contributed by atoms with Gasteiger partial charge in [-0.3, -0.25) is 0 Å². The maximum atomic E-state index is 2.58. The molecule has 8 rings (SSSR count). The summed E-state index contributed by atoms with van der Waals surface area (Å²) in [6.45, 7) is 24.4. The van der Waals surface area contributed by atoms with Crippen molar-refractivity contribution < 1.29 is 0 Å². The molecule has 0 amide bonds. The van der Waals surface area contributed by atoms with Crippen molar-refractivity contribution in [2.45, 2.75) is 135 Å². The molecule has 4 aliphatic rings. The molecule has 0 bridgehead atoms. The predicted molar refractivity (Wildman–Crippen MR) is 215 cm³/mol. The number of benzene rings is 4. The van der Waals surface area contributed by atoms with Crippen LogP contribution in [0.25, 0.3) is 16.7 Å². The van der Waals surface area contributed by atoms with Crippen LogP contribution < -0.4 is 4.90 Å². The SMILES string of the molecule is CC1(C)CCC(C)(C)c2cc(-c3cc4c(cc3N(c3ccccc3)c3ccc5c(c3)C(C)(C)CCC5(C)C)C(C)(C)C3=C4CCC=C3)ccc21. The average molecular weight is 660 g/mol. The van der Waals surface area contributed by atoms with Crippen LogP contribution in [0.15, 0.2) is 96.6 Å². The number of rotatable bonds is 4. The van der Waals surface area contributed by atoms with Crippen molar-refractivity contribution in [1.29, 1.82) is 0 Å². The van der Waals surface area contributed by atoms with Gasteiger partial charge in [-0.25, -0.2) is 0 Å². The molecule has 258 valence electrons. The van der Waals surface area contributed by atoms with Gasteiger partial charge in [0.15, 0.2) is 0 Å². The highest BCUT2D eigenvalue weighted by Crippen LogP contribution is 2.56. The normalized spacial score (nSPS) is 21.6. The van der Waals surface area contributed by atoms with Gasteiger partial charge in [0.2, 0.25) is 0 Å². The molecule has 4 aliphatic carbocycles. The molecule has 0 aromatic heterocycles. The number of hydrogen-bond acceptors (Lipinski definition) is 1. The quantitative estimate of drug-likeness (QED) is 0.211. The molecule has 0 unspecified atom stereocenters. The van der Waals surface area contributed by atoms with Gasteiger partial charge in [0.05, 0.1) is 5.69 Å². The minimum absolute atomic E-state index is 0.0546. The van der Waals surface area contributed by atoms with Crippen LogP contribution in [0.4, 0.5) is 17.1 Å². The van der Waals surface area contributed by atoms with E-state index in [9.17, 15) is 0 Å². The predicted octanol–water partition coefficient (Wildman–Crippen LogP) is 13.9. The molecular weight excluding hydrogens is 603 g/mol. The van der Waals surface area contributed by atoms with Gasteiger partial charge >= 0.3 is 0 Å². The lowest BCUT2D eigenvalue weighted by Gasteiger charge is -2.43. The lowest BCUT2D eigenvalue weighted by atomic mass is 9.63. The van der Waals surface area contributed by atoms with Crippen molar-refractivity contribution in [2.24, 2.45) is 0 Å². The van der Waals surface area contributed by atoms with Gasteiger partial charge in [-0.1, -0.05) is 124 Å². The summed E-state index contributed by atoms with van der Waals surface area (Å²) in [7, 11) is 0. The minimum Gasteiger partial charge on any atom is -0.310 e. The molecule has 4 aromatic carbocycles. The van der Waals surface area contributed by atoms with Crippen LogP contribution in [0.1, 0.15) is 141 Å². The van der Waals surface area contributed by atoms with Gasteiger partial charge in [0, 0.05) is 22.4 Å². The van der Waals surface area contributed by atoms with E-state index in [-0.39, 0.29) is 27.1 Å². The Hall–Kier alpha value is -3.84. The molecule has 4 aromatic rings. The second-order valence-corrected chi connectivity index (χ2v) is 19.1. The summed E-state index contributed by atoms with van der Waals surface area (Å²) in [5.41, 5.74) is 18.9. The molecule has 1 heteroatoms. The number of allylic oxidation sites excluding steroid dienone is 4. The second kappa shape index (κ2) is 11.1. The fraction of sp³-hybridized carbons (Fsp3) is 0.429. The Morgan fingerprint density at radius 3 is 1.72 bits per heavy atom. The zero-order valence-corrected chi connectivity index (χ0v) is 32.4. The van der Waals surface area contributed by atoms with Crippen LogP contribution in [0.3, 0.4) is 0 Å². The highest BCUT2D eigenvalue weighted by molar-refractivity contribution is 5.94. The van der Waals surface area contributed by atoms with Gasteiger partial charge in [0.25, 0.3) is 0 Å². The maximum absolute atomic E-state index is 2.58. The molecule has 0 fully saturated rings. The van der Waals surface area contributed by atoms with Crippen LogP contribution in [0, 0.1) is 0 Å². The van der Waals surface area contributed by atoms with Gasteiger partial charge in [0.1, 0.15) is 0 Å². The highest BCUT2D eigenvalue weighted by atomic mass is 15.1. The molecule has 0 radical (unpaired) electrons. The van der Waals surface area contributed by atoms with Crippen molar-refractivity contribution in [1.82, 2.24) is 0 Å². The number of para-hydroxylation sites is 1. The largest absolute Gasteiger partial charge is 0.310 e. The summed E-state index contributed by atoms with van der Waals surface area (Å²) in [5, 5.41) is 0. The maximum Gasteiger partial charge on any atom is 0.0543 e. The van der Waals surface area contributed by atoms with E-state index in [1.54, 1.807) is 5.57 Å². The fourth-order valence-electron chi connectivity index (χ4n) is 9.92. The first-order valence-corrected chi connectivity index (χ1v) is 19.3. The Balaban J connectivity index is 1.43. The van der Waals surface area contributed by atoms with E-state index in [0.717, 1.165) is 12.8 Å². The van der Waals surface area contributed by atoms with Gasteiger partial charge in [-0.05, 0) is 147 Å². The molecule has 1 nitrogen and oxygen atoms in total. The summed E-state index contributed by atoms with van der Waals surface area (Å²) < 4.78 is 0. The Kier molecular flexibility index (Phi) is 7.38. The fourth-order valence-corrected chi connectivity index (χ4v) is 9.92. The monoisotopic (exact) mass is 659 g/mol. The number of hydrogen-bond donors (Lipinski definition) is 0. The van der Waals surface area contributed by atoms with Crippen molar-refractivity contribution in [3.63, 3.8) is 0 Å². The van der Waals surface area contributed by atoms with E-state index < -0.39 is 0 Å². The van der Waals surface area contributed by atoms with Crippen molar-refractivity contribution in [2.75, 3.05) is 4.90 Å². The molecule has 0 aliphatic heterocycles. The van der Waals surface area contributed by atoms with Crippen molar-refractivity contribution in [3.05, 3.63) is 130 Å². The van der Waals surface area contributed by atoms with Crippen molar-refractivity contribution in [3.8, 4) is 11.1 Å². The molecule has 0 spiro atoms. The first-order chi connectivity index (χ1) is 23.5. The second-order valence-electron chi connectivity index (χ2n) is 19.1. The third-order valence-corrected chi connectivity index (χ3v) is 13.5. The van der Waals surface area contributed by atoms with Crippen molar-refractivity contribution >= 4 is 22.6 Å². The van der Waals surface area contributed by atoms with Crippen LogP contribution in [0.2, 0.25) is 0 Å². The van der Waals surface area contributed by atoms with E-state index in [0.29, 0.717) is 0 Å². The number of fused-ring (bicyclic) bond motifs is 4. The first kappa shape index (κ1) is 33.3. The van der Waals surface area contributed by atoms with E-state index in [4.69, 9.17) is 0 Å². The Bertz CT molecular complexity index is 2080. The van der Waals surface area contributed by atoms with Crippen LogP contribution in [0.5, 0.6) is 0 Å². The zero-order chi connectivity index (χ0) is 35.4. The lowest BCUT2D eigenvalue weighted by Crippen LogP contribution is -2.34. The summed E-state index contributed by atoms with van der Waals surface area (Å²) in [5.74, 6) is 0. The van der Waals surface area contributed by atoms with E-state index in [1.807, 2.05) is 0 Å². The third kappa shape index (κ3) is 5.09. The van der Waals surface area contributed by atoms with Crippen LogP contribution in [-0.4, -0.2) is 0 Å². The Morgan fingerprint density at radius 1 is 0.500 bits per heavy atom. The van der Waals surface area contributed by atoms with Crippen LogP contribution in [-0.2, 0) is 27.1 Å². The highest BCUT2D eigenvalue weighted by Gasteiger charge is 2.41. The smallest absolute Gasteiger partial charge is 0.0543 e. The molecule has 0 heterocycles. The van der Waals surface area contributed by atoms with E-state index in [2.05, 4.69) is 165 Å².